The minimum Gasteiger partial charge on any atom is -0.493 e. The molecule has 1 fully saturated rings. The summed E-state index contributed by atoms with van der Waals surface area (Å²) in [5.74, 6) is 1.19. The van der Waals surface area contributed by atoms with E-state index in [1.807, 2.05) is 36.4 Å². The van der Waals surface area contributed by atoms with Gasteiger partial charge in [-0.05, 0) is 36.6 Å². The van der Waals surface area contributed by atoms with Crippen molar-refractivity contribution in [3.8, 4) is 11.5 Å². The lowest BCUT2D eigenvalue weighted by Gasteiger charge is -2.23. The Morgan fingerprint density at radius 1 is 1.04 bits per heavy atom. The summed E-state index contributed by atoms with van der Waals surface area (Å²) >= 11 is 12.7. The molecule has 5 heteroatoms. The molecule has 3 rings (SSSR count). The van der Waals surface area contributed by atoms with E-state index >= 15 is 0 Å². The van der Waals surface area contributed by atoms with Crippen molar-refractivity contribution in [1.29, 1.82) is 0 Å². The van der Waals surface area contributed by atoms with Gasteiger partial charge in [0.25, 0.3) is 0 Å². The van der Waals surface area contributed by atoms with Crippen molar-refractivity contribution in [3.63, 3.8) is 0 Å². The SMILES string of the molecule is COc1cc(CNC2CCCCC2)cc(Cl)c1OCc1ccccc1Cl. The molecule has 0 atom stereocenters. The van der Waals surface area contributed by atoms with Crippen molar-refractivity contribution in [1.82, 2.24) is 5.32 Å². The molecule has 2 aromatic carbocycles. The van der Waals surface area contributed by atoms with Crippen LogP contribution in [0.3, 0.4) is 0 Å². The number of hydrogen-bond acceptors (Lipinski definition) is 3. The molecule has 0 aromatic heterocycles. The largest absolute Gasteiger partial charge is 0.493 e. The third kappa shape index (κ3) is 5.06. The van der Waals surface area contributed by atoms with Crippen LogP contribution in [-0.4, -0.2) is 13.2 Å². The molecule has 0 amide bonds. The zero-order valence-corrected chi connectivity index (χ0v) is 16.6. The number of ether oxygens (including phenoxy) is 2. The summed E-state index contributed by atoms with van der Waals surface area (Å²) < 4.78 is 11.4. The molecular weight excluding hydrogens is 369 g/mol. The highest BCUT2D eigenvalue weighted by molar-refractivity contribution is 6.32. The molecule has 1 aliphatic carbocycles. The van der Waals surface area contributed by atoms with Crippen LogP contribution in [0, 0.1) is 0 Å². The zero-order valence-electron chi connectivity index (χ0n) is 15.1. The summed E-state index contributed by atoms with van der Waals surface area (Å²) in [6.45, 7) is 1.13. The van der Waals surface area contributed by atoms with Crippen molar-refractivity contribution >= 4 is 23.2 Å². The lowest BCUT2D eigenvalue weighted by molar-refractivity contribution is 0.284. The fourth-order valence-corrected chi connectivity index (χ4v) is 3.83. The highest BCUT2D eigenvalue weighted by Crippen LogP contribution is 2.37. The number of hydrogen-bond donors (Lipinski definition) is 1. The molecule has 0 spiro atoms. The average Bonchev–Trinajstić information content (AvgIpc) is 2.67. The van der Waals surface area contributed by atoms with Gasteiger partial charge in [-0.3, -0.25) is 0 Å². The van der Waals surface area contributed by atoms with Gasteiger partial charge in [-0.25, -0.2) is 0 Å². The van der Waals surface area contributed by atoms with E-state index in [0.29, 0.717) is 34.2 Å². The zero-order chi connectivity index (χ0) is 18.4. The number of benzene rings is 2. The molecule has 140 valence electrons. The number of methoxy groups -OCH3 is 1. The first-order valence-electron chi connectivity index (χ1n) is 9.13. The molecule has 0 heterocycles. The Morgan fingerprint density at radius 3 is 2.54 bits per heavy atom. The highest BCUT2D eigenvalue weighted by Gasteiger charge is 2.15. The molecule has 0 saturated heterocycles. The summed E-state index contributed by atoms with van der Waals surface area (Å²) in [6.07, 6.45) is 6.50. The molecule has 3 nitrogen and oxygen atoms in total. The third-order valence-electron chi connectivity index (χ3n) is 4.82. The highest BCUT2D eigenvalue weighted by atomic mass is 35.5. The Morgan fingerprint density at radius 2 is 1.81 bits per heavy atom. The first-order valence-corrected chi connectivity index (χ1v) is 9.89. The van der Waals surface area contributed by atoms with Gasteiger partial charge in [0.15, 0.2) is 11.5 Å². The number of rotatable bonds is 7. The van der Waals surface area contributed by atoms with Crippen LogP contribution in [0.1, 0.15) is 43.2 Å². The van der Waals surface area contributed by atoms with E-state index in [-0.39, 0.29) is 0 Å². The molecule has 26 heavy (non-hydrogen) atoms. The first kappa shape index (κ1) is 19.3. The van der Waals surface area contributed by atoms with Crippen molar-refractivity contribution in [2.24, 2.45) is 0 Å². The van der Waals surface area contributed by atoms with Crippen LogP contribution in [0.2, 0.25) is 10.0 Å². The van der Waals surface area contributed by atoms with Gasteiger partial charge in [0, 0.05) is 23.2 Å². The minimum atomic E-state index is 0.343. The third-order valence-corrected chi connectivity index (χ3v) is 5.47. The van der Waals surface area contributed by atoms with Crippen molar-refractivity contribution in [3.05, 3.63) is 57.6 Å². The summed E-state index contributed by atoms with van der Waals surface area (Å²) in [5.41, 5.74) is 2.01. The second kappa shape index (κ2) is 9.50. The van der Waals surface area contributed by atoms with Gasteiger partial charge in [0.1, 0.15) is 6.61 Å². The van der Waals surface area contributed by atoms with Crippen LogP contribution in [0.5, 0.6) is 11.5 Å². The van der Waals surface area contributed by atoms with Crippen LogP contribution < -0.4 is 14.8 Å². The molecule has 0 radical (unpaired) electrons. The van der Waals surface area contributed by atoms with E-state index in [9.17, 15) is 0 Å². The summed E-state index contributed by atoms with van der Waals surface area (Å²) in [4.78, 5) is 0. The van der Waals surface area contributed by atoms with Gasteiger partial charge in [-0.1, -0.05) is 60.7 Å². The molecular formula is C21H25Cl2NO2. The lowest BCUT2D eigenvalue weighted by atomic mass is 9.95. The van der Waals surface area contributed by atoms with Crippen LogP contribution in [0.25, 0.3) is 0 Å². The van der Waals surface area contributed by atoms with Crippen LogP contribution in [0.4, 0.5) is 0 Å². The van der Waals surface area contributed by atoms with E-state index in [1.54, 1.807) is 7.11 Å². The molecule has 0 unspecified atom stereocenters. The number of nitrogens with one attached hydrogen (secondary N) is 1. The summed E-state index contributed by atoms with van der Waals surface area (Å²) in [7, 11) is 1.63. The van der Waals surface area contributed by atoms with Crippen LogP contribution in [-0.2, 0) is 13.2 Å². The van der Waals surface area contributed by atoms with E-state index in [4.69, 9.17) is 32.7 Å². The quantitative estimate of drug-likeness (QED) is 0.625. The molecule has 1 aliphatic rings. The molecule has 0 bridgehead atoms. The van der Waals surface area contributed by atoms with E-state index in [0.717, 1.165) is 17.7 Å². The molecule has 0 aliphatic heterocycles. The Balaban J connectivity index is 1.67. The van der Waals surface area contributed by atoms with Crippen molar-refractivity contribution < 1.29 is 9.47 Å². The smallest absolute Gasteiger partial charge is 0.180 e. The Bertz CT molecular complexity index is 730. The van der Waals surface area contributed by atoms with Crippen molar-refractivity contribution in [2.75, 3.05) is 7.11 Å². The normalized spacial score (nSPS) is 15.0. The maximum absolute atomic E-state index is 6.48. The first-order chi connectivity index (χ1) is 12.7. The standard InChI is InChI=1S/C21H25Cl2NO2/c1-25-20-12-15(13-24-17-8-3-2-4-9-17)11-19(23)21(20)26-14-16-7-5-6-10-18(16)22/h5-7,10-12,17,24H,2-4,8-9,13-14H2,1H3. The predicted octanol–water partition coefficient (Wildman–Crippen LogP) is 6.00. The monoisotopic (exact) mass is 393 g/mol. The van der Waals surface area contributed by atoms with Gasteiger partial charge in [0.05, 0.1) is 12.1 Å². The fourth-order valence-electron chi connectivity index (χ4n) is 3.35. The minimum absolute atomic E-state index is 0.343. The predicted molar refractivity (Wildman–Crippen MR) is 108 cm³/mol. The van der Waals surface area contributed by atoms with Gasteiger partial charge < -0.3 is 14.8 Å². The summed E-state index contributed by atoms with van der Waals surface area (Å²) in [5, 5.41) is 4.86. The Kier molecular flexibility index (Phi) is 7.07. The van der Waals surface area contributed by atoms with Gasteiger partial charge >= 0.3 is 0 Å². The lowest BCUT2D eigenvalue weighted by Crippen LogP contribution is -2.30. The maximum Gasteiger partial charge on any atom is 0.180 e. The summed E-state index contributed by atoms with van der Waals surface area (Å²) in [6, 6.07) is 12.1. The maximum atomic E-state index is 6.48. The fraction of sp³-hybridized carbons (Fsp3) is 0.429. The van der Waals surface area contributed by atoms with Crippen molar-refractivity contribution in [2.45, 2.75) is 51.3 Å². The topological polar surface area (TPSA) is 30.5 Å². The Hall–Kier alpha value is -1.42. The van der Waals surface area contributed by atoms with Gasteiger partial charge in [0.2, 0.25) is 0 Å². The molecule has 1 N–H and O–H groups in total. The van der Waals surface area contributed by atoms with Crippen LogP contribution in [0.15, 0.2) is 36.4 Å². The van der Waals surface area contributed by atoms with Crippen LogP contribution >= 0.6 is 23.2 Å². The van der Waals surface area contributed by atoms with E-state index < -0.39 is 0 Å². The van der Waals surface area contributed by atoms with Gasteiger partial charge in [-0.15, -0.1) is 0 Å². The van der Waals surface area contributed by atoms with Gasteiger partial charge in [-0.2, -0.15) is 0 Å². The second-order valence-electron chi connectivity index (χ2n) is 6.70. The molecule has 2 aromatic rings. The molecule has 1 saturated carbocycles. The average molecular weight is 394 g/mol. The van der Waals surface area contributed by atoms with E-state index in [1.165, 1.54) is 32.1 Å². The Labute approximate surface area is 165 Å². The van der Waals surface area contributed by atoms with E-state index in [2.05, 4.69) is 5.32 Å². The second-order valence-corrected chi connectivity index (χ2v) is 7.52. The number of halogens is 2.